The van der Waals surface area contributed by atoms with Crippen LogP contribution in [0.2, 0.25) is 5.02 Å². The van der Waals surface area contributed by atoms with Gasteiger partial charge in [-0.05, 0) is 43.7 Å². The first kappa shape index (κ1) is 20.2. The highest BCUT2D eigenvalue weighted by molar-refractivity contribution is 8.01. The summed E-state index contributed by atoms with van der Waals surface area (Å²) < 4.78 is 5.22. The van der Waals surface area contributed by atoms with Crippen molar-refractivity contribution in [1.29, 1.82) is 0 Å². The van der Waals surface area contributed by atoms with Crippen molar-refractivity contribution in [3.8, 4) is 0 Å². The normalized spacial score (nSPS) is 16.5. The maximum absolute atomic E-state index is 12.3. The number of hydrogen-bond donors (Lipinski definition) is 2. The van der Waals surface area contributed by atoms with Gasteiger partial charge in [-0.3, -0.25) is 14.4 Å². The van der Waals surface area contributed by atoms with Gasteiger partial charge in [0.1, 0.15) is 0 Å². The molecule has 28 heavy (non-hydrogen) atoms. The van der Waals surface area contributed by atoms with E-state index in [1.807, 2.05) is 25.1 Å². The van der Waals surface area contributed by atoms with Gasteiger partial charge in [0, 0.05) is 15.6 Å². The van der Waals surface area contributed by atoms with Crippen molar-refractivity contribution >= 4 is 52.5 Å². The molecule has 2 aromatic rings. The lowest BCUT2D eigenvalue weighted by Crippen LogP contribution is -2.34. The van der Waals surface area contributed by atoms with Crippen molar-refractivity contribution in [2.45, 2.75) is 36.5 Å². The van der Waals surface area contributed by atoms with E-state index >= 15 is 0 Å². The standard InChI is InChI=1S/C20H19ClN2O4S/c1-11-7-8-13(21)9-15(11)23-19(25)12(2)27-18(24)10-17-20(26)22-14-5-3-4-6-16(14)28-17/h3-9,12,17H,10H2,1-2H3,(H,22,26)(H,23,25)/t12-,17+/m0/s1. The summed E-state index contributed by atoms with van der Waals surface area (Å²) in [7, 11) is 0. The zero-order chi connectivity index (χ0) is 20.3. The van der Waals surface area contributed by atoms with E-state index in [9.17, 15) is 14.4 Å². The molecule has 2 amide bonds. The van der Waals surface area contributed by atoms with Gasteiger partial charge in [0.2, 0.25) is 5.91 Å². The van der Waals surface area contributed by atoms with Crippen molar-refractivity contribution in [3.63, 3.8) is 0 Å². The van der Waals surface area contributed by atoms with Gasteiger partial charge >= 0.3 is 5.97 Å². The van der Waals surface area contributed by atoms with Gasteiger partial charge in [0.05, 0.1) is 17.4 Å². The largest absolute Gasteiger partial charge is 0.452 e. The van der Waals surface area contributed by atoms with E-state index in [0.717, 1.165) is 16.1 Å². The first-order chi connectivity index (χ1) is 13.3. The quantitative estimate of drug-likeness (QED) is 0.716. The number of carbonyl (C=O) groups is 3. The Balaban J connectivity index is 1.56. The zero-order valence-electron chi connectivity index (χ0n) is 15.3. The number of esters is 1. The average molecular weight is 419 g/mol. The minimum atomic E-state index is -1.00. The number of halogens is 1. The maximum atomic E-state index is 12.3. The van der Waals surface area contributed by atoms with E-state index < -0.39 is 23.2 Å². The number of carbonyl (C=O) groups excluding carboxylic acids is 3. The molecule has 1 aliphatic heterocycles. The lowest BCUT2D eigenvalue weighted by molar-refractivity contribution is -0.153. The molecule has 0 aliphatic carbocycles. The van der Waals surface area contributed by atoms with Crippen LogP contribution in [-0.2, 0) is 19.1 Å². The highest BCUT2D eigenvalue weighted by atomic mass is 35.5. The molecule has 0 fully saturated rings. The third kappa shape index (κ3) is 4.85. The molecule has 3 rings (SSSR count). The number of rotatable bonds is 5. The Labute approximate surface area is 172 Å². The topological polar surface area (TPSA) is 84.5 Å². The van der Waals surface area contributed by atoms with E-state index in [-0.39, 0.29) is 12.3 Å². The third-order valence-corrected chi connectivity index (χ3v) is 5.70. The fourth-order valence-electron chi connectivity index (χ4n) is 2.64. The molecule has 146 valence electrons. The fraction of sp³-hybridized carbons (Fsp3) is 0.250. The predicted molar refractivity (Wildman–Crippen MR) is 110 cm³/mol. The van der Waals surface area contributed by atoms with Crippen LogP contribution >= 0.6 is 23.4 Å². The van der Waals surface area contributed by atoms with E-state index in [1.165, 1.54) is 18.7 Å². The number of para-hydroxylation sites is 1. The van der Waals surface area contributed by atoms with E-state index in [0.29, 0.717) is 10.7 Å². The highest BCUT2D eigenvalue weighted by Crippen LogP contribution is 2.36. The molecule has 0 saturated carbocycles. The summed E-state index contributed by atoms with van der Waals surface area (Å²) in [6, 6.07) is 12.5. The second kappa shape index (κ2) is 8.67. The molecule has 0 spiro atoms. The molecule has 2 aromatic carbocycles. The number of anilines is 2. The number of hydrogen-bond acceptors (Lipinski definition) is 5. The van der Waals surface area contributed by atoms with Crippen LogP contribution in [0.15, 0.2) is 47.4 Å². The van der Waals surface area contributed by atoms with Gasteiger partial charge in [-0.1, -0.05) is 29.8 Å². The number of nitrogens with one attached hydrogen (secondary N) is 2. The number of aryl methyl sites for hydroxylation is 1. The Kier molecular flexibility index (Phi) is 6.26. The summed E-state index contributed by atoms with van der Waals surface area (Å²) in [6.07, 6.45) is -1.13. The third-order valence-electron chi connectivity index (χ3n) is 4.19. The van der Waals surface area contributed by atoms with Gasteiger partial charge in [0.25, 0.3) is 5.91 Å². The fourth-order valence-corrected chi connectivity index (χ4v) is 3.91. The average Bonchev–Trinajstić information content (AvgIpc) is 2.65. The molecule has 2 atom stereocenters. The lowest BCUT2D eigenvalue weighted by atomic mass is 10.2. The molecule has 1 heterocycles. The summed E-state index contributed by atoms with van der Waals surface area (Å²) in [6.45, 7) is 3.32. The first-order valence-electron chi connectivity index (χ1n) is 8.66. The molecule has 6 nitrogen and oxygen atoms in total. The minimum absolute atomic E-state index is 0.126. The Bertz CT molecular complexity index is 934. The number of fused-ring (bicyclic) bond motifs is 1. The van der Waals surface area contributed by atoms with Crippen molar-refractivity contribution in [2.75, 3.05) is 10.6 Å². The second-order valence-electron chi connectivity index (χ2n) is 6.38. The van der Waals surface area contributed by atoms with E-state index in [2.05, 4.69) is 10.6 Å². The van der Waals surface area contributed by atoms with Crippen molar-refractivity contribution in [1.82, 2.24) is 0 Å². The van der Waals surface area contributed by atoms with Gasteiger partial charge in [-0.15, -0.1) is 11.8 Å². The summed E-state index contributed by atoms with van der Waals surface area (Å²) in [5.41, 5.74) is 2.12. The van der Waals surface area contributed by atoms with Crippen LogP contribution in [0.4, 0.5) is 11.4 Å². The summed E-state index contributed by atoms with van der Waals surface area (Å²) in [5.74, 6) is -1.34. The Morgan fingerprint density at radius 1 is 1.29 bits per heavy atom. The van der Waals surface area contributed by atoms with Crippen LogP contribution in [0.25, 0.3) is 0 Å². The Hall–Kier alpha value is -2.51. The Morgan fingerprint density at radius 3 is 2.82 bits per heavy atom. The molecule has 0 bridgehead atoms. The van der Waals surface area contributed by atoms with Gasteiger partial charge < -0.3 is 15.4 Å². The molecule has 8 heteroatoms. The predicted octanol–water partition coefficient (Wildman–Crippen LogP) is 4.02. The molecule has 0 aromatic heterocycles. The second-order valence-corrected chi connectivity index (χ2v) is 8.06. The molecule has 2 N–H and O–H groups in total. The van der Waals surface area contributed by atoms with Gasteiger partial charge in [-0.25, -0.2) is 0 Å². The zero-order valence-corrected chi connectivity index (χ0v) is 16.9. The van der Waals surface area contributed by atoms with E-state index in [1.54, 1.807) is 24.3 Å². The summed E-state index contributed by atoms with van der Waals surface area (Å²) in [4.78, 5) is 37.6. The van der Waals surface area contributed by atoms with Crippen molar-refractivity contribution < 1.29 is 19.1 Å². The minimum Gasteiger partial charge on any atom is -0.452 e. The molecule has 0 unspecified atom stereocenters. The molecular formula is C20H19ClN2O4S. The van der Waals surface area contributed by atoms with E-state index in [4.69, 9.17) is 16.3 Å². The maximum Gasteiger partial charge on any atom is 0.308 e. The van der Waals surface area contributed by atoms with Crippen LogP contribution in [-0.4, -0.2) is 29.1 Å². The van der Waals surface area contributed by atoms with Crippen LogP contribution in [0.3, 0.4) is 0 Å². The Morgan fingerprint density at radius 2 is 2.04 bits per heavy atom. The number of thioether (sulfide) groups is 1. The molecular weight excluding hydrogens is 400 g/mol. The smallest absolute Gasteiger partial charge is 0.308 e. The number of benzene rings is 2. The van der Waals surface area contributed by atoms with Gasteiger partial charge in [0.15, 0.2) is 6.10 Å². The molecule has 0 saturated heterocycles. The first-order valence-corrected chi connectivity index (χ1v) is 9.92. The summed E-state index contributed by atoms with van der Waals surface area (Å²) >= 11 is 7.25. The van der Waals surface area contributed by atoms with Crippen LogP contribution < -0.4 is 10.6 Å². The van der Waals surface area contributed by atoms with Crippen molar-refractivity contribution in [2.24, 2.45) is 0 Å². The summed E-state index contributed by atoms with van der Waals surface area (Å²) in [5, 5.41) is 5.36. The number of ether oxygens (including phenoxy) is 1. The SMILES string of the molecule is Cc1ccc(Cl)cc1NC(=O)[C@H](C)OC(=O)C[C@H]1Sc2ccccc2NC1=O. The van der Waals surface area contributed by atoms with Crippen molar-refractivity contribution in [3.05, 3.63) is 53.1 Å². The van der Waals surface area contributed by atoms with Crippen LogP contribution in [0.5, 0.6) is 0 Å². The highest BCUT2D eigenvalue weighted by Gasteiger charge is 2.30. The van der Waals surface area contributed by atoms with Gasteiger partial charge in [-0.2, -0.15) is 0 Å². The monoisotopic (exact) mass is 418 g/mol. The molecule has 0 radical (unpaired) electrons. The van der Waals surface area contributed by atoms with Crippen LogP contribution in [0.1, 0.15) is 18.9 Å². The van der Waals surface area contributed by atoms with Crippen LogP contribution in [0, 0.1) is 6.92 Å². The lowest BCUT2D eigenvalue weighted by Gasteiger charge is -2.23. The number of amides is 2. The molecule has 1 aliphatic rings.